The highest BCUT2D eigenvalue weighted by molar-refractivity contribution is 5.94. The minimum absolute atomic E-state index is 0.0225. The van der Waals surface area contributed by atoms with Crippen molar-refractivity contribution in [2.24, 2.45) is 0 Å². The summed E-state index contributed by atoms with van der Waals surface area (Å²) in [6, 6.07) is 7.62. The molecule has 0 aliphatic rings. The summed E-state index contributed by atoms with van der Waals surface area (Å²) in [5.74, 6) is -1.06. The highest BCUT2D eigenvalue weighted by Gasteiger charge is 2.13. The van der Waals surface area contributed by atoms with Gasteiger partial charge >= 0.3 is 5.97 Å². The molecule has 5 heteroatoms. The third-order valence-corrected chi connectivity index (χ3v) is 2.47. The molecule has 0 aliphatic heterocycles. The van der Waals surface area contributed by atoms with Crippen LogP contribution in [0.15, 0.2) is 36.8 Å². The van der Waals surface area contributed by atoms with Gasteiger partial charge < -0.3 is 5.11 Å². The van der Waals surface area contributed by atoms with Gasteiger partial charge in [0.2, 0.25) is 0 Å². The van der Waals surface area contributed by atoms with Gasteiger partial charge in [0.25, 0.3) is 0 Å². The molecular formula is C11H7N3O2. The molecule has 5 nitrogen and oxygen atoms in total. The van der Waals surface area contributed by atoms with Crippen LogP contribution in [0.5, 0.6) is 0 Å². The average molecular weight is 213 g/mol. The van der Waals surface area contributed by atoms with E-state index >= 15 is 0 Å². The highest BCUT2D eigenvalue weighted by atomic mass is 16.4. The van der Waals surface area contributed by atoms with E-state index in [1.165, 1.54) is 6.33 Å². The molecule has 0 saturated heterocycles. The minimum atomic E-state index is -1.06. The van der Waals surface area contributed by atoms with Crippen molar-refractivity contribution in [2.75, 3.05) is 0 Å². The van der Waals surface area contributed by atoms with Crippen LogP contribution >= 0.6 is 0 Å². The van der Waals surface area contributed by atoms with Crippen LogP contribution in [-0.2, 0) is 0 Å². The van der Waals surface area contributed by atoms with Gasteiger partial charge in [0.1, 0.15) is 6.33 Å². The Balaban J connectivity index is 2.49. The number of carbonyl (C=O) groups is 1. The number of nitrogens with zero attached hydrogens (tertiary/aromatic N) is 3. The van der Waals surface area contributed by atoms with Gasteiger partial charge in [-0.2, -0.15) is 0 Å². The number of carboxylic acids is 1. The van der Waals surface area contributed by atoms with Crippen LogP contribution in [0, 0.1) is 0 Å². The van der Waals surface area contributed by atoms with Crippen molar-refractivity contribution in [3.8, 4) is 0 Å². The lowest BCUT2D eigenvalue weighted by atomic mass is 10.2. The fraction of sp³-hybridized carbons (Fsp3) is 0. The van der Waals surface area contributed by atoms with Crippen LogP contribution in [0.3, 0.4) is 0 Å². The number of hydrogen-bond donors (Lipinski definition) is 1. The molecule has 0 saturated carbocycles. The first-order valence-electron chi connectivity index (χ1n) is 4.71. The van der Waals surface area contributed by atoms with E-state index in [-0.39, 0.29) is 5.69 Å². The second-order valence-corrected chi connectivity index (χ2v) is 3.41. The molecule has 2 aromatic heterocycles. The van der Waals surface area contributed by atoms with Crippen molar-refractivity contribution in [1.29, 1.82) is 0 Å². The smallest absolute Gasteiger partial charge is 0.358 e. The molecule has 0 atom stereocenters. The zero-order chi connectivity index (χ0) is 11.1. The van der Waals surface area contributed by atoms with Crippen LogP contribution in [0.2, 0.25) is 0 Å². The Morgan fingerprint density at radius 1 is 1.25 bits per heavy atom. The third kappa shape index (κ3) is 1.08. The largest absolute Gasteiger partial charge is 0.476 e. The Bertz CT molecular complexity index is 703. The Kier molecular flexibility index (Phi) is 1.67. The van der Waals surface area contributed by atoms with Crippen molar-refractivity contribution < 1.29 is 9.90 Å². The lowest BCUT2D eigenvalue weighted by molar-refractivity contribution is 0.0693. The van der Waals surface area contributed by atoms with Gasteiger partial charge in [-0.05, 0) is 6.07 Å². The zero-order valence-corrected chi connectivity index (χ0v) is 8.16. The molecular weight excluding hydrogens is 206 g/mol. The predicted octanol–water partition coefficient (Wildman–Crippen LogP) is 1.58. The number of carboxylic acid groups (broad SMARTS) is 1. The molecule has 0 radical (unpaired) electrons. The lowest BCUT2D eigenvalue weighted by Gasteiger charge is -2.00. The van der Waals surface area contributed by atoms with E-state index in [9.17, 15) is 4.79 Å². The number of fused-ring (bicyclic) bond motifs is 3. The topological polar surface area (TPSA) is 67.5 Å². The number of aromatic nitrogens is 3. The van der Waals surface area contributed by atoms with Crippen LogP contribution in [0.4, 0.5) is 0 Å². The maximum atomic E-state index is 10.9. The predicted molar refractivity (Wildman–Crippen MR) is 57.5 cm³/mol. The maximum Gasteiger partial charge on any atom is 0.358 e. The third-order valence-electron chi connectivity index (χ3n) is 2.47. The monoisotopic (exact) mass is 213 g/mol. The lowest BCUT2D eigenvalue weighted by Crippen LogP contribution is -1.99. The summed E-state index contributed by atoms with van der Waals surface area (Å²) in [6.45, 7) is 0. The van der Waals surface area contributed by atoms with Crippen LogP contribution in [0.25, 0.3) is 16.6 Å². The molecule has 0 amide bonds. The molecule has 0 spiro atoms. The summed E-state index contributed by atoms with van der Waals surface area (Å²) < 4.78 is 1.68. The highest BCUT2D eigenvalue weighted by Crippen LogP contribution is 2.16. The summed E-state index contributed by atoms with van der Waals surface area (Å²) in [5.41, 5.74) is 1.24. The van der Waals surface area contributed by atoms with Gasteiger partial charge in [0.05, 0.1) is 5.52 Å². The SMILES string of the molecule is O=C(O)c1ncn2c1ncc1ccccc12. The van der Waals surface area contributed by atoms with E-state index < -0.39 is 5.97 Å². The van der Waals surface area contributed by atoms with Crippen LogP contribution in [-0.4, -0.2) is 25.4 Å². The van der Waals surface area contributed by atoms with E-state index in [0.29, 0.717) is 5.65 Å². The Labute approximate surface area is 90.0 Å². The number of benzene rings is 1. The second-order valence-electron chi connectivity index (χ2n) is 3.41. The molecule has 3 aromatic rings. The van der Waals surface area contributed by atoms with E-state index in [2.05, 4.69) is 9.97 Å². The van der Waals surface area contributed by atoms with E-state index in [1.54, 1.807) is 10.6 Å². The van der Waals surface area contributed by atoms with Gasteiger partial charge in [-0.15, -0.1) is 0 Å². The molecule has 3 rings (SSSR count). The van der Waals surface area contributed by atoms with Gasteiger partial charge in [-0.3, -0.25) is 4.40 Å². The Morgan fingerprint density at radius 2 is 2.06 bits per heavy atom. The van der Waals surface area contributed by atoms with Crippen molar-refractivity contribution in [3.63, 3.8) is 0 Å². The molecule has 1 N–H and O–H groups in total. The second kappa shape index (κ2) is 3.03. The molecule has 0 unspecified atom stereocenters. The molecule has 0 bridgehead atoms. The first-order valence-corrected chi connectivity index (χ1v) is 4.71. The number of rotatable bonds is 1. The zero-order valence-electron chi connectivity index (χ0n) is 8.16. The van der Waals surface area contributed by atoms with E-state index in [4.69, 9.17) is 5.11 Å². The molecule has 0 fully saturated rings. The minimum Gasteiger partial charge on any atom is -0.476 e. The quantitative estimate of drug-likeness (QED) is 0.666. The average Bonchev–Trinajstić information content (AvgIpc) is 2.73. The van der Waals surface area contributed by atoms with Gasteiger partial charge in [-0.1, -0.05) is 18.2 Å². The summed E-state index contributed by atoms with van der Waals surface area (Å²) in [6.07, 6.45) is 3.13. The van der Waals surface area contributed by atoms with Gasteiger partial charge in [-0.25, -0.2) is 14.8 Å². The fourth-order valence-corrected chi connectivity index (χ4v) is 1.74. The summed E-state index contributed by atoms with van der Waals surface area (Å²) in [4.78, 5) is 18.9. The number of imidazole rings is 1. The van der Waals surface area contributed by atoms with E-state index in [1.807, 2.05) is 24.3 Å². The molecule has 0 aliphatic carbocycles. The molecule has 16 heavy (non-hydrogen) atoms. The molecule has 2 heterocycles. The fourth-order valence-electron chi connectivity index (χ4n) is 1.74. The van der Waals surface area contributed by atoms with Crippen LogP contribution in [0.1, 0.15) is 10.5 Å². The number of hydrogen-bond acceptors (Lipinski definition) is 3. The summed E-state index contributed by atoms with van der Waals surface area (Å²) in [7, 11) is 0. The van der Waals surface area contributed by atoms with Gasteiger partial charge in [0, 0.05) is 11.6 Å². The number of para-hydroxylation sites is 1. The van der Waals surface area contributed by atoms with E-state index in [0.717, 1.165) is 10.9 Å². The summed E-state index contributed by atoms with van der Waals surface area (Å²) in [5, 5.41) is 9.88. The maximum absolute atomic E-state index is 10.9. The standard InChI is InChI=1S/C11H7N3O2/c15-11(16)9-10-12-5-7-3-1-2-4-8(7)14(10)6-13-9/h1-6H,(H,15,16). The van der Waals surface area contributed by atoms with Crippen molar-refractivity contribution >= 4 is 22.5 Å². The van der Waals surface area contributed by atoms with Crippen LogP contribution < -0.4 is 0 Å². The Hall–Kier alpha value is -2.43. The van der Waals surface area contributed by atoms with Crippen molar-refractivity contribution in [2.45, 2.75) is 0 Å². The Morgan fingerprint density at radius 3 is 2.88 bits per heavy atom. The molecule has 1 aromatic carbocycles. The number of aromatic carboxylic acids is 1. The first kappa shape index (κ1) is 8.84. The summed E-state index contributed by atoms with van der Waals surface area (Å²) >= 11 is 0. The van der Waals surface area contributed by atoms with Crippen molar-refractivity contribution in [3.05, 3.63) is 42.5 Å². The van der Waals surface area contributed by atoms with Crippen molar-refractivity contribution in [1.82, 2.24) is 14.4 Å². The van der Waals surface area contributed by atoms with Gasteiger partial charge in [0.15, 0.2) is 11.3 Å². The first-order chi connectivity index (χ1) is 7.77. The normalized spacial score (nSPS) is 11.0. The molecule has 78 valence electrons.